The fourth-order valence-electron chi connectivity index (χ4n) is 2.01. The van der Waals surface area contributed by atoms with Crippen molar-refractivity contribution in [2.45, 2.75) is 6.42 Å². The molecular formula is C15H13FN4. The third-order valence-corrected chi connectivity index (χ3v) is 3.03. The molecule has 0 spiro atoms. The van der Waals surface area contributed by atoms with E-state index in [0.29, 0.717) is 12.2 Å². The highest BCUT2D eigenvalue weighted by Crippen LogP contribution is 2.16. The molecule has 1 N–H and O–H groups in total. The number of pyridine rings is 1. The van der Waals surface area contributed by atoms with Crippen LogP contribution < -0.4 is 5.32 Å². The van der Waals surface area contributed by atoms with Crippen molar-refractivity contribution in [3.63, 3.8) is 0 Å². The van der Waals surface area contributed by atoms with E-state index in [-0.39, 0.29) is 5.82 Å². The summed E-state index contributed by atoms with van der Waals surface area (Å²) in [6, 6.07) is 10.3. The maximum absolute atomic E-state index is 12.8. The van der Waals surface area contributed by atoms with Crippen molar-refractivity contribution >= 4 is 16.9 Å². The molecule has 0 aliphatic rings. The Kier molecular flexibility index (Phi) is 3.50. The molecule has 0 amide bonds. The number of fused-ring (bicyclic) bond motifs is 1. The van der Waals surface area contributed by atoms with Gasteiger partial charge in [-0.25, -0.2) is 19.3 Å². The third kappa shape index (κ3) is 2.71. The van der Waals surface area contributed by atoms with Gasteiger partial charge >= 0.3 is 0 Å². The Morgan fingerprint density at radius 1 is 1.00 bits per heavy atom. The van der Waals surface area contributed by atoms with Crippen molar-refractivity contribution in [2.24, 2.45) is 0 Å². The molecule has 2 heterocycles. The number of nitrogens with one attached hydrogen (secondary N) is 1. The number of hydrogen-bond acceptors (Lipinski definition) is 4. The highest BCUT2D eigenvalue weighted by atomic mass is 19.1. The molecule has 0 radical (unpaired) electrons. The molecule has 0 atom stereocenters. The van der Waals surface area contributed by atoms with E-state index in [1.807, 2.05) is 12.1 Å². The zero-order chi connectivity index (χ0) is 13.8. The van der Waals surface area contributed by atoms with Crippen molar-refractivity contribution < 1.29 is 4.39 Å². The van der Waals surface area contributed by atoms with Gasteiger partial charge in [-0.15, -0.1) is 0 Å². The van der Waals surface area contributed by atoms with Gasteiger partial charge in [-0.3, -0.25) is 0 Å². The van der Waals surface area contributed by atoms with Crippen LogP contribution in [0.1, 0.15) is 5.56 Å². The summed E-state index contributed by atoms with van der Waals surface area (Å²) in [6.45, 7) is 0.715. The molecule has 2 aromatic heterocycles. The fourth-order valence-corrected chi connectivity index (χ4v) is 2.01. The summed E-state index contributed by atoms with van der Waals surface area (Å²) in [4.78, 5) is 12.5. The van der Waals surface area contributed by atoms with Gasteiger partial charge in [-0.2, -0.15) is 0 Å². The summed E-state index contributed by atoms with van der Waals surface area (Å²) >= 11 is 0. The monoisotopic (exact) mass is 268 g/mol. The summed E-state index contributed by atoms with van der Waals surface area (Å²) in [5.41, 5.74) is 1.75. The first kappa shape index (κ1) is 12.5. The van der Waals surface area contributed by atoms with E-state index in [0.717, 1.165) is 23.2 Å². The van der Waals surface area contributed by atoms with Gasteiger partial charge < -0.3 is 5.32 Å². The largest absolute Gasteiger partial charge is 0.369 e. The molecule has 0 unspecified atom stereocenters. The molecule has 0 aliphatic heterocycles. The maximum atomic E-state index is 12.8. The summed E-state index contributed by atoms with van der Waals surface area (Å²) in [5, 5.41) is 4.16. The van der Waals surface area contributed by atoms with Gasteiger partial charge in [0.15, 0.2) is 5.65 Å². The Bertz CT molecular complexity index is 707. The van der Waals surface area contributed by atoms with Gasteiger partial charge in [0, 0.05) is 12.7 Å². The second-order valence-corrected chi connectivity index (χ2v) is 4.40. The zero-order valence-corrected chi connectivity index (χ0v) is 10.8. The predicted octanol–water partition coefficient (Wildman–Crippen LogP) is 2.82. The minimum atomic E-state index is -0.213. The quantitative estimate of drug-likeness (QED) is 0.790. The summed E-state index contributed by atoms with van der Waals surface area (Å²) < 4.78 is 12.8. The number of anilines is 1. The number of nitrogens with zero attached hydrogens (tertiary/aromatic N) is 3. The van der Waals surface area contributed by atoms with Crippen LogP contribution in [0, 0.1) is 5.82 Å². The van der Waals surface area contributed by atoms with Crippen molar-refractivity contribution in [3.8, 4) is 0 Å². The first-order valence-corrected chi connectivity index (χ1v) is 6.37. The number of benzene rings is 1. The van der Waals surface area contributed by atoms with E-state index in [9.17, 15) is 4.39 Å². The second kappa shape index (κ2) is 5.61. The molecule has 0 aliphatic carbocycles. The Hall–Kier alpha value is -2.56. The van der Waals surface area contributed by atoms with E-state index in [2.05, 4.69) is 20.3 Å². The molecule has 1 aromatic carbocycles. The first-order chi connectivity index (χ1) is 9.83. The van der Waals surface area contributed by atoms with Crippen LogP contribution in [0.4, 0.5) is 10.2 Å². The fraction of sp³-hybridized carbons (Fsp3) is 0.133. The molecule has 100 valence electrons. The molecule has 0 fully saturated rings. The van der Waals surface area contributed by atoms with Gasteiger partial charge in [0.05, 0.1) is 5.39 Å². The Balaban J connectivity index is 1.69. The predicted molar refractivity (Wildman–Crippen MR) is 75.9 cm³/mol. The molecular weight excluding hydrogens is 255 g/mol. The lowest BCUT2D eigenvalue weighted by Crippen LogP contribution is -2.07. The lowest BCUT2D eigenvalue weighted by Gasteiger charge is -2.07. The second-order valence-electron chi connectivity index (χ2n) is 4.40. The van der Waals surface area contributed by atoms with Crippen molar-refractivity contribution in [1.82, 2.24) is 15.0 Å². The van der Waals surface area contributed by atoms with Crippen LogP contribution in [0.3, 0.4) is 0 Å². The normalized spacial score (nSPS) is 10.7. The zero-order valence-electron chi connectivity index (χ0n) is 10.8. The number of rotatable bonds is 4. The van der Waals surface area contributed by atoms with Gasteiger partial charge in [0.2, 0.25) is 0 Å². The van der Waals surface area contributed by atoms with Crippen molar-refractivity contribution in [3.05, 3.63) is 60.3 Å². The van der Waals surface area contributed by atoms with Gasteiger partial charge in [-0.1, -0.05) is 12.1 Å². The third-order valence-electron chi connectivity index (χ3n) is 3.03. The lowest BCUT2D eigenvalue weighted by molar-refractivity contribution is 0.627. The van der Waals surface area contributed by atoms with Crippen LogP contribution in [-0.4, -0.2) is 21.5 Å². The SMILES string of the molecule is Fc1ccc(CCNc2ncnc3ncccc23)cc1. The average molecular weight is 268 g/mol. The number of aromatic nitrogens is 3. The van der Waals surface area contributed by atoms with Gasteiger partial charge in [0.1, 0.15) is 18.0 Å². The summed E-state index contributed by atoms with van der Waals surface area (Å²) in [7, 11) is 0. The molecule has 5 heteroatoms. The lowest BCUT2D eigenvalue weighted by atomic mass is 10.1. The topological polar surface area (TPSA) is 50.7 Å². The average Bonchev–Trinajstić information content (AvgIpc) is 2.49. The molecule has 3 aromatic rings. The minimum absolute atomic E-state index is 0.213. The Morgan fingerprint density at radius 2 is 1.85 bits per heavy atom. The maximum Gasteiger partial charge on any atom is 0.164 e. The van der Waals surface area contributed by atoms with Crippen LogP contribution in [0.2, 0.25) is 0 Å². The number of halogens is 1. The van der Waals surface area contributed by atoms with E-state index in [1.54, 1.807) is 18.3 Å². The van der Waals surface area contributed by atoms with Crippen LogP contribution in [0.25, 0.3) is 11.0 Å². The molecule has 20 heavy (non-hydrogen) atoms. The van der Waals surface area contributed by atoms with Crippen molar-refractivity contribution in [2.75, 3.05) is 11.9 Å². The van der Waals surface area contributed by atoms with Crippen LogP contribution in [0.15, 0.2) is 48.9 Å². The van der Waals surface area contributed by atoms with Crippen LogP contribution in [0.5, 0.6) is 0 Å². The Labute approximate surface area is 115 Å². The smallest absolute Gasteiger partial charge is 0.164 e. The summed E-state index contributed by atoms with van der Waals surface area (Å²) in [6.07, 6.45) is 4.00. The Morgan fingerprint density at radius 3 is 2.70 bits per heavy atom. The van der Waals surface area contributed by atoms with E-state index >= 15 is 0 Å². The van der Waals surface area contributed by atoms with Crippen LogP contribution >= 0.6 is 0 Å². The van der Waals surface area contributed by atoms with E-state index in [4.69, 9.17) is 0 Å². The highest BCUT2D eigenvalue weighted by Gasteiger charge is 2.03. The molecule has 0 saturated heterocycles. The van der Waals surface area contributed by atoms with Crippen molar-refractivity contribution in [1.29, 1.82) is 0 Å². The van der Waals surface area contributed by atoms with E-state index in [1.165, 1.54) is 18.5 Å². The molecule has 3 rings (SSSR count). The van der Waals surface area contributed by atoms with Gasteiger partial charge in [0.25, 0.3) is 0 Å². The summed E-state index contributed by atoms with van der Waals surface area (Å²) in [5.74, 6) is 0.555. The highest BCUT2D eigenvalue weighted by molar-refractivity contribution is 5.85. The van der Waals surface area contributed by atoms with Crippen LogP contribution in [-0.2, 0) is 6.42 Å². The van der Waals surface area contributed by atoms with E-state index < -0.39 is 0 Å². The molecule has 0 saturated carbocycles. The molecule has 4 nitrogen and oxygen atoms in total. The minimum Gasteiger partial charge on any atom is -0.369 e. The molecule has 0 bridgehead atoms. The first-order valence-electron chi connectivity index (χ1n) is 6.37. The van der Waals surface area contributed by atoms with Gasteiger partial charge in [-0.05, 0) is 36.2 Å². The number of hydrogen-bond donors (Lipinski definition) is 1. The standard InChI is InChI=1S/C15H13FN4/c16-12-5-3-11(4-6-12)7-9-18-15-13-2-1-8-17-14(13)19-10-20-15/h1-6,8,10H,7,9H2,(H,17,18,19,20).